The lowest BCUT2D eigenvalue weighted by Gasteiger charge is -2.08. The van der Waals surface area contributed by atoms with Gasteiger partial charge in [0.1, 0.15) is 5.82 Å². The zero-order valence-corrected chi connectivity index (χ0v) is 12.2. The zero-order chi connectivity index (χ0) is 12.4. The molecule has 0 aliphatic carbocycles. The summed E-state index contributed by atoms with van der Waals surface area (Å²) in [5, 5.41) is 4.68. The summed E-state index contributed by atoms with van der Waals surface area (Å²) < 4.78 is 0.774. The highest BCUT2D eigenvalue weighted by Gasteiger charge is 2.04. The first kappa shape index (κ1) is 13.0. The molecular formula is C11H6BrCl3N2. The molecule has 1 aromatic carbocycles. The summed E-state index contributed by atoms with van der Waals surface area (Å²) in [6.07, 6.45) is 1.56. The van der Waals surface area contributed by atoms with Gasteiger partial charge in [0.2, 0.25) is 0 Å². The van der Waals surface area contributed by atoms with E-state index in [9.17, 15) is 0 Å². The summed E-state index contributed by atoms with van der Waals surface area (Å²) in [5.74, 6) is 0.660. The first-order chi connectivity index (χ1) is 8.06. The minimum absolute atomic E-state index is 0.488. The van der Waals surface area contributed by atoms with Crippen LogP contribution in [0, 0.1) is 0 Å². The van der Waals surface area contributed by atoms with Gasteiger partial charge in [0, 0.05) is 11.9 Å². The SMILES string of the molecule is Clc1cnc(Nc2ccc(Cl)c(Cl)c2)c(Br)c1. The molecule has 0 unspecified atom stereocenters. The molecule has 0 spiro atoms. The Morgan fingerprint density at radius 3 is 2.47 bits per heavy atom. The maximum atomic E-state index is 5.92. The van der Waals surface area contributed by atoms with Gasteiger partial charge in [-0.25, -0.2) is 4.98 Å². The van der Waals surface area contributed by atoms with Gasteiger partial charge in [-0.2, -0.15) is 0 Å². The maximum absolute atomic E-state index is 5.92. The molecule has 0 bridgehead atoms. The molecule has 0 aliphatic rings. The number of halogens is 4. The molecule has 0 aliphatic heterocycles. The van der Waals surface area contributed by atoms with Crippen molar-refractivity contribution in [1.29, 1.82) is 0 Å². The van der Waals surface area contributed by atoms with E-state index in [4.69, 9.17) is 34.8 Å². The molecule has 0 amide bonds. The Bertz CT molecular complexity index is 560. The van der Waals surface area contributed by atoms with Crippen LogP contribution in [0.4, 0.5) is 11.5 Å². The molecule has 0 atom stereocenters. The monoisotopic (exact) mass is 350 g/mol. The van der Waals surface area contributed by atoms with Crippen LogP contribution in [0.1, 0.15) is 0 Å². The van der Waals surface area contributed by atoms with E-state index in [-0.39, 0.29) is 0 Å². The van der Waals surface area contributed by atoms with Crippen molar-refractivity contribution < 1.29 is 0 Å². The highest BCUT2D eigenvalue weighted by atomic mass is 79.9. The molecule has 0 saturated carbocycles. The number of nitrogens with one attached hydrogen (secondary N) is 1. The van der Waals surface area contributed by atoms with Crippen LogP contribution in [0.2, 0.25) is 15.1 Å². The Morgan fingerprint density at radius 1 is 1.06 bits per heavy atom. The van der Waals surface area contributed by atoms with Gasteiger partial charge in [-0.3, -0.25) is 0 Å². The Kier molecular flexibility index (Phi) is 4.15. The van der Waals surface area contributed by atoms with E-state index in [2.05, 4.69) is 26.2 Å². The summed E-state index contributed by atoms with van der Waals surface area (Å²) in [7, 11) is 0. The third kappa shape index (κ3) is 3.26. The minimum atomic E-state index is 0.488. The highest BCUT2D eigenvalue weighted by molar-refractivity contribution is 9.10. The van der Waals surface area contributed by atoms with Crippen LogP contribution in [0.3, 0.4) is 0 Å². The first-order valence-corrected chi connectivity index (χ1v) is 6.52. The Hall–Kier alpha value is -0.480. The topological polar surface area (TPSA) is 24.9 Å². The van der Waals surface area contributed by atoms with E-state index in [1.165, 1.54) is 0 Å². The molecule has 6 heteroatoms. The third-order valence-corrected chi connectivity index (χ3v) is 3.54. The van der Waals surface area contributed by atoms with Crippen LogP contribution in [0.15, 0.2) is 34.9 Å². The third-order valence-electron chi connectivity index (χ3n) is 1.99. The van der Waals surface area contributed by atoms with Crippen LogP contribution in [0.25, 0.3) is 0 Å². The van der Waals surface area contributed by atoms with Gasteiger partial charge in [-0.1, -0.05) is 34.8 Å². The van der Waals surface area contributed by atoms with Crippen molar-refractivity contribution >= 4 is 62.2 Å². The van der Waals surface area contributed by atoms with E-state index in [1.54, 1.807) is 24.4 Å². The quantitative estimate of drug-likeness (QED) is 0.767. The van der Waals surface area contributed by atoms with Gasteiger partial charge in [0.05, 0.1) is 19.5 Å². The van der Waals surface area contributed by atoms with Crippen LogP contribution in [-0.4, -0.2) is 4.98 Å². The van der Waals surface area contributed by atoms with Gasteiger partial charge in [0.25, 0.3) is 0 Å². The van der Waals surface area contributed by atoms with Gasteiger partial charge >= 0.3 is 0 Å². The average molecular weight is 352 g/mol. The number of hydrogen-bond acceptors (Lipinski definition) is 2. The van der Waals surface area contributed by atoms with Crippen LogP contribution in [0.5, 0.6) is 0 Å². The van der Waals surface area contributed by atoms with Crippen molar-refractivity contribution in [2.24, 2.45) is 0 Å². The van der Waals surface area contributed by atoms with Gasteiger partial charge in [-0.05, 0) is 40.2 Å². The van der Waals surface area contributed by atoms with Gasteiger partial charge in [-0.15, -0.1) is 0 Å². The fourth-order valence-electron chi connectivity index (χ4n) is 1.22. The molecule has 1 heterocycles. The summed E-state index contributed by atoms with van der Waals surface area (Å²) >= 11 is 20.9. The van der Waals surface area contributed by atoms with Crippen LogP contribution >= 0.6 is 50.7 Å². The summed E-state index contributed by atoms with van der Waals surface area (Å²) in [5.41, 5.74) is 0.801. The number of hydrogen-bond donors (Lipinski definition) is 1. The molecule has 0 saturated heterocycles. The number of nitrogens with zero attached hydrogens (tertiary/aromatic N) is 1. The first-order valence-electron chi connectivity index (χ1n) is 4.59. The number of aromatic nitrogens is 1. The van der Waals surface area contributed by atoms with Crippen molar-refractivity contribution in [3.05, 3.63) is 50.0 Å². The number of pyridine rings is 1. The average Bonchev–Trinajstić information content (AvgIpc) is 2.27. The molecule has 0 radical (unpaired) electrons. The lowest BCUT2D eigenvalue weighted by atomic mass is 10.3. The standard InChI is InChI=1S/C11H6BrCl3N2/c12-8-3-6(13)5-16-11(8)17-7-1-2-9(14)10(15)4-7/h1-5H,(H,16,17). The van der Waals surface area contributed by atoms with E-state index in [0.29, 0.717) is 20.9 Å². The summed E-state index contributed by atoms with van der Waals surface area (Å²) in [4.78, 5) is 4.16. The van der Waals surface area contributed by atoms with Crippen molar-refractivity contribution in [1.82, 2.24) is 4.98 Å². The molecule has 2 aromatic rings. The van der Waals surface area contributed by atoms with Crippen molar-refractivity contribution in [2.75, 3.05) is 5.32 Å². The highest BCUT2D eigenvalue weighted by Crippen LogP contribution is 2.29. The molecule has 88 valence electrons. The molecule has 2 rings (SSSR count). The second-order valence-electron chi connectivity index (χ2n) is 3.24. The Morgan fingerprint density at radius 2 is 1.82 bits per heavy atom. The van der Waals surface area contributed by atoms with Gasteiger partial charge < -0.3 is 5.32 Å². The zero-order valence-electron chi connectivity index (χ0n) is 8.35. The molecular weight excluding hydrogens is 346 g/mol. The molecule has 0 fully saturated rings. The minimum Gasteiger partial charge on any atom is -0.339 e. The Balaban J connectivity index is 2.28. The molecule has 1 N–H and O–H groups in total. The van der Waals surface area contributed by atoms with Crippen molar-refractivity contribution in [3.63, 3.8) is 0 Å². The summed E-state index contributed by atoms with van der Waals surface area (Å²) in [6.45, 7) is 0. The van der Waals surface area contributed by atoms with E-state index >= 15 is 0 Å². The molecule has 1 aromatic heterocycles. The second kappa shape index (κ2) is 5.44. The summed E-state index contributed by atoms with van der Waals surface area (Å²) in [6, 6.07) is 7.02. The number of rotatable bonds is 2. The number of benzene rings is 1. The number of anilines is 2. The van der Waals surface area contributed by atoms with Crippen LogP contribution < -0.4 is 5.32 Å². The molecule has 2 nitrogen and oxygen atoms in total. The van der Waals surface area contributed by atoms with E-state index in [1.807, 2.05) is 6.07 Å². The van der Waals surface area contributed by atoms with Gasteiger partial charge in [0.15, 0.2) is 0 Å². The lowest BCUT2D eigenvalue weighted by molar-refractivity contribution is 1.29. The fourth-order valence-corrected chi connectivity index (χ4v) is 2.25. The lowest BCUT2D eigenvalue weighted by Crippen LogP contribution is -1.94. The Labute approximate surface area is 122 Å². The second-order valence-corrected chi connectivity index (χ2v) is 5.34. The smallest absolute Gasteiger partial charge is 0.144 e. The van der Waals surface area contributed by atoms with Crippen molar-refractivity contribution in [3.8, 4) is 0 Å². The largest absolute Gasteiger partial charge is 0.339 e. The predicted molar refractivity (Wildman–Crippen MR) is 76.7 cm³/mol. The van der Waals surface area contributed by atoms with Crippen LogP contribution in [-0.2, 0) is 0 Å². The van der Waals surface area contributed by atoms with E-state index in [0.717, 1.165) is 10.2 Å². The maximum Gasteiger partial charge on any atom is 0.144 e. The normalized spacial score (nSPS) is 10.4. The fraction of sp³-hybridized carbons (Fsp3) is 0. The molecule has 17 heavy (non-hydrogen) atoms. The van der Waals surface area contributed by atoms with E-state index < -0.39 is 0 Å². The predicted octanol–water partition coefficient (Wildman–Crippen LogP) is 5.55. The van der Waals surface area contributed by atoms with Crippen molar-refractivity contribution in [2.45, 2.75) is 0 Å².